The molecular weight excluding hydrogens is 799 g/mol. The molecule has 0 aliphatic heterocycles. The van der Waals surface area contributed by atoms with E-state index in [0.29, 0.717) is 12.8 Å². The van der Waals surface area contributed by atoms with E-state index in [9.17, 15) is 19.5 Å². The van der Waals surface area contributed by atoms with Gasteiger partial charge in [-0.15, -0.1) is 0 Å². The third-order valence-electron chi connectivity index (χ3n) is 10.4. The highest BCUT2D eigenvalue weighted by Crippen LogP contribution is 2.12. The minimum Gasteiger partial charge on any atom is -0.544 e. The first-order valence-electron chi connectivity index (χ1n) is 24.9. The van der Waals surface area contributed by atoms with Crippen LogP contribution in [0.2, 0.25) is 0 Å². The van der Waals surface area contributed by atoms with Gasteiger partial charge in [-0.1, -0.05) is 162 Å². The molecule has 0 aliphatic carbocycles. The van der Waals surface area contributed by atoms with E-state index in [4.69, 9.17) is 14.2 Å². The topological polar surface area (TPSA) is 102 Å². The Morgan fingerprint density at radius 1 is 0.484 bits per heavy atom. The lowest BCUT2D eigenvalue weighted by atomic mass is 10.1. The van der Waals surface area contributed by atoms with Gasteiger partial charge in [0, 0.05) is 19.3 Å². The molecule has 0 saturated carbocycles. The maximum Gasteiger partial charge on any atom is 0.306 e. The van der Waals surface area contributed by atoms with Crippen LogP contribution in [-0.4, -0.2) is 75.5 Å². The summed E-state index contributed by atoms with van der Waals surface area (Å²) in [6.07, 6.45) is 62.6. The van der Waals surface area contributed by atoms with Crippen molar-refractivity contribution in [3.05, 3.63) is 109 Å². The molecule has 0 heterocycles. The number of ether oxygens (including phenoxy) is 3. The van der Waals surface area contributed by atoms with Crippen molar-refractivity contribution < 1.29 is 38.2 Å². The summed E-state index contributed by atoms with van der Waals surface area (Å²) >= 11 is 0. The van der Waals surface area contributed by atoms with Crippen molar-refractivity contribution in [3.63, 3.8) is 0 Å². The lowest BCUT2D eigenvalue weighted by Gasteiger charge is -2.34. The number of quaternary nitrogens is 1. The number of carboxylic acid groups (broad SMARTS) is 1. The van der Waals surface area contributed by atoms with E-state index in [1.807, 2.05) is 0 Å². The summed E-state index contributed by atoms with van der Waals surface area (Å²) in [5.41, 5.74) is 0. The van der Waals surface area contributed by atoms with Crippen LogP contribution >= 0.6 is 0 Å². The maximum absolute atomic E-state index is 12.8. The lowest BCUT2D eigenvalue weighted by molar-refractivity contribution is -0.889. The van der Waals surface area contributed by atoms with Gasteiger partial charge in [-0.05, 0) is 103 Å². The van der Waals surface area contributed by atoms with Crippen LogP contribution in [0.5, 0.6) is 0 Å². The number of rotatable bonds is 43. The molecule has 0 aromatic rings. The first kappa shape index (κ1) is 60.0. The molecule has 0 aromatic heterocycles. The summed E-state index contributed by atoms with van der Waals surface area (Å²) < 4.78 is 17.2. The molecule has 0 aliphatic rings. The van der Waals surface area contributed by atoms with Crippen LogP contribution < -0.4 is 5.11 Å². The van der Waals surface area contributed by atoms with Gasteiger partial charge in [0.1, 0.15) is 12.6 Å². The van der Waals surface area contributed by atoms with Crippen molar-refractivity contribution in [2.75, 3.05) is 41.0 Å². The third kappa shape index (κ3) is 43.3. The maximum atomic E-state index is 12.8. The molecule has 0 fully saturated rings. The SMILES string of the molecule is CC/C=C/C/C=C/C/C=C/C/C=C/CCCCCCCCC(=O)OCC(COCCC(C(=O)[O-])[N+](C)(C)C)OC(=O)CCCC/C=C/C/C=C/C/C=C/C/C=C/C/C=C/CCCCC. The van der Waals surface area contributed by atoms with Gasteiger partial charge in [0.2, 0.25) is 0 Å². The Kier molecular flexibility index (Phi) is 42.7. The van der Waals surface area contributed by atoms with Gasteiger partial charge >= 0.3 is 11.9 Å². The number of carboxylic acids is 1. The van der Waals surface area contributed by atoms with Crippen LogP contribution in [0.4, 0.5) is 0 Å². The lowest BCUT2D eigenvalue weighted by Crippen LogP contribution is -2.55. The van der Waals surface area contributed by atoms with Crippen molar-refractivity contribution in [3.8, 4) is 0 Å². The van der Waals surface area contributed by atoms with Gasteiger partial charge in [0.15, 0.2) is 6.10 Å². The van der Waals surface area contributed by atoms with E-state index in [2.05, 4.69) is 123 Å². The fourth-order valence-electron chi connectivity index (χ4n) is 6.55. The number of carbonyl (C=O) groups excluding carboxylic acids is 3. The number of nitrogens with zero attached hydrogens (tertiary/aromatic N) is 1. The average molecular weight is 890 g/mol. The summed E-state index contributed by atoms with van der Waals surface area (Å²) in [4.78, 5) is 37.0. The largest absolute Gasteiger partial charge is 0.544 e. The van der Waals surface area contributed by atoms with E-state index in [0.717, 1.165) is 96.3 Å². The molecule has 8 nitrogen and oxygen atoms in total. The molecule has 0 radical (unpaired) electrons. The van der Waals surface area contributed by atoms with Gasteiger partial charge < -0.3 is 28.6 Å². The predicted octanol–water partition coefficient (Wildman–Crippen LogP) is 13.1. The van der Waals surface area contributed by atoms with Gasteiger partial charge in [-0.3, -0.25) is 9.59 Å². The highest BCUT2D eigenvalue weighted by atomic mass is 16.6. The second kappa shape index (κ2) is 45.6. The van der Waals surface area contributed by atoms with E-state index >= 15 is 0 Å². The molecule has 8 heteroatoms. The summed E-state index contributed by atoms with van der Waals surface area (Å²) in [6, 6.07) is -0.744. The van der Waals surface area contributed by atoms with Crippen molar-refractivity contribution in [1.29, 1.82) is 0 Å². The van der Waals surface area contributed by atoms with Crippen LogP contribution in [0.15, 0.2) is 109 Å². The highest BCUT2D eigenvalue weighted by Gasteiger charge is 2.25. The van der Waals surface area contributed by atoms with Gasteiger partial charge in [0.05, 0.1) is 40.3 Å². The van der Waals surface area contributed by atoms with Gasteiger partial charge in [-0.2, -0.15) is 0 Å². The first-order valence-corrected chi connectivity index (χ1v) is 24.9. The number of esters is 2. The number of allylic oxidation sites excluding steroid dienone is 18. The number of hydrogen-bond donors (Lipinski definition) is 0. The molecule has 0 bridgehead atoms. The molecule has 0 rings (SSSR count). The van der Waals surface area contributed by atoms with E-state index in [1.165, 1.54) is 38.5 Å². The minimum absolute atomic E-state index is 0.0110. The summed E-state index contributed by atoms with van der Waals surface area (Å²) in [7, 11) is 5.38. The van der Waals surface area contributed by atoms with E-state index in [1.54, 1.807) is 21.1 Å². The summed E-state index contributed by atoms with van der Waals surface area (Å²) in [5.74, 6) is -1.82. The standard InChI is InChI=1S/C56H91NO7/c1-6-8-10-12-14-16-18-20-22-24-26-27-29-31-33-35-37-39-41-43-45-47-55(59)64-52(50-62-49-48-53(56(60)61)57(3,4)5)51-63-54(58)46-44-42-40-38-36-34-32-30-28-25-23-21-19-17-15-13-11-9-7-2/h9,11,14-17,20-23,26-28,30-31,33,37,39,52-53H,6-8,10,12-13,18-19,24-25,29,32,34-36,38,40-51H2,1-5H3/b11-9+,16-14+,17-15+,22-20+,23-21+,27-26+,30-28+,33-31+,39-37+. The second-order valence-corrected chi connectivity index (χ2v) is 17.3. The van der Waals surface area contributed by atoms with Crippen LogP contribution in [0.3, 0.4) is 0 Å². The minimum atomic E-state index is -1.14. The molecule has 2 unspecified atom stereocenters. The number of aliphatic carboxylic acids is 1. The monoisotopic (exact) mass is 890 g/mol. The zero-order valence-corrected chi connectivity index (χ0v) is 41.2. The van der Waals surface area contributed by atoms with Gasteiger partial charge in [-0.25, -0.2) is 0 Å². The Morgan fingerprint density at radius 2 is 0.875 bits per heavy atom. The molecule has 0 spiro atoms. The Labute approximate surface area is 391 Å². The molecule has 2 atom stereocenters. The molecule has 0 N–H and O–H groups in total. The number of hydrogen-bond acceptors (Lipinski definition) is 7. The van der Waals surface area contributed by atoms with Crippen molar-refractivity contribution in [2.24, 2.45) is 0 Å². The molecular formula is C56H91NO7. The first-order chi connectivity index (χ1) is 31.1. The quantitative estimate of drug-likeness (QED) is 0.0260. The van der Waals surface area contributed by atoms with Crippen molar-refractivity contribution in [2.45, 2.75) is 187 Å². The third-order valence-corrected chi connectivity index (χ3v) is 10.4. The fourth-order valence-corrected chi connectivity index (χ4v) is 6.55. The molecule has 0 aromatic carbocycles. The fraction of sp³-hybridized carbons (Fsp3) is 0.625. The van der Waals surface area contributed by atoms with Crippen LogP contribution in [0.1, 0.15) is 174 Å². The van der Waals surface area contributed by atoms with Crippen LogP contribution in [0, 0.1) is 0 Å². The predicted molar refractivity (Wildman–Crippen MR) is 268 cm³/mol. The molecule has 362 valence electrons. The Bertz CT molecular complexity index is 1410. The zero-order valence-electron chi connectivity index (χ0n) is 41.2. The van der Waals surface area contributed by atoms with E-state index < -0.39 is 18.1 Å². The Morgan fingerprint density at radius 3 is 1.33 bits per heavy atom. The Balaban J connectivity index is 4.42. The van der Waals surface area contributed by atoms with Crippen LogP contribution in [-0.2, 0) is 28.6 Å². The molecule has 0 saturated heterocycles. The zero-order chi connectivity index (χ0) is 47.0. The van der Waals surface area contributed by atoms with Gasteiger partial charge in [0.25, 0.3) is 0 Å². The summed E-state index contributed by atoms with van der Waals surface area (Å²) in [5, 5.41) is 11.7. The normalized spacial score (nSPS) is 13.8. The molecule has 64 heavy (non-hydrogen) atoms. The smallest absolute Gasteiger partial charge is 0.306 e. The number of unbranched alkanes of at least 4 members (excludes halogenated alkanes) is 11. The Hall–Kier alpha value is -4.01. The van der Waals surface area contributed by atoms with Crippen LogP contribution in [0.25, 0.3) is 0 Å². The van der Waals surface area contributed by atoms with Crippen molar-refractivity contribution >= 4 is 17.9 Å². The van der Waals surface area contributed by atoms with E-state index in [-0.39, 0.29) is 49.1 Å². The number of carbonyl (C=O) groups is 3. The molecule has 0 amide bonds. The number of likely N-dealkylation sites (N-methyl/N-ethyl adjacent to an activating group) is 1. The average Bonchev–Trinajstić information content (AvgIpc) is 3.26. The van der Waals surface area contributed by atoms with Crippen molar-refractivity contribution in [1.82, 2.24) is 0 Å². The highest BCUT2D eigenvalue weighted by molar-refractivity contribution is 5.70. The summed E-state index contributed by atoms with van der Waals surface area (Å²) in [6.45, 7) is 4.44. The second-order valence-electron chi connectivity index (χ2n) is 17.3.